The molecule has 0 spiro atoms. The number of aryl methyl sites for hydroxylation is 1. The second-order valence-corrected chi connectivity index (χ2v) is 9.46. The van der Waals surface area contributed by atoms with Crippen LogP contribution in [0, 0.1) is 6.92 Å². The van der Waals surface area contributed by atoms with Crippen molar-refractivity contribution >= 4 is 51.5 Å². The summed E-state index contributed by atoms with van der Waals surface area (Å²) in [5, 5.41) is 6.31. The maximum atomic E-state index is 12.9. The van der Waals surface area contributed by atoms with E-state index in [0.717, 1.165) is 5.56 Å². The topological polar surface area (TPSA) is 126 Å². The molecule has 3 amide bonds. The minimum Gasteiger partial charge on any atom is -0.422 e. The van der Waals surface area contributed by atoms with Gasteiger partial charge in [-0.1, -0.05) is 45.8 Å². The van der Waals surface area contributed by atoms with Gasteiger partial charge in [0.15, 0.2) is 0 Å². The first-order valence-corrected chi connectivity index (χ1v) is 12.8. The third kappa shape index (κ3) is 7.37. The molecule has 0 atom stereocenters. The number of carbonyl (C=O) groups excluding carboxylic acids is 4. The molecule has 0 bridgehead atoms. The Morgan fingerprint density at radius 3 is 2.44 bits per heavy atom. The zero-order valence-corrected chi connectivity index (χ0v) is 22.6. The van der Waals surface area contributed by atoms with Gasteiger partial charge < -0.3 is 19.7 Å². The molecule has 10 nitrogen and oxygen atoms in total. The molecule has 0 aromatic heterocycles. The molecule has 0 aliphatic carbocycles. The molecule has 0 unspecified atom stereocenters. The minimum atomic E-state index is -1.05. The van der Waals surface area contributed by atoms with E-state index in [2.05, 4.69) is 31.8 Å². The van der Waals surface area contributed by atoms with Crippen molar-refractivity contribution < 1.29 is 28.7 Å². The van der Waals surface area contributed by atoms with Crippen LogP contribution in [0.1, 0.15) is 31.8 Å². The van der Waals surface area contributed by atoms with Crippen molar-refractivity contribution in [2.75, 3.05) is 31.6 Å². The lowest BCUT2D eigenvalue weighted by Crippen LogP contribution is -2.41. The Balaban J connectivity index is 1.40. The number of para-hydroxylation sites is 1. The number of esters is 1. The summed E-state index contributed by atoms with van der Waals surface area (Å²) in [7, 11) is 0. The van der Waals surface area contributed by atoms with Crippen molar-refractivity contribution in [2.24, 2.45) is 5.10 Å². The SMILES string of the molecule is Cc1ccc(C(=O)Oc2ccc(Br)cc2/C=N/NC(=O)C(=O)Nc2ccccc2C(=O)N2CCOCC2)cc1. The lowest BCUT2D eigenvalue weighted by atomic mass is 10.1. The smallest absolute Gasteiger partial charge is 0.343 e. The van der Waals surface area contributed by atoms with Crippen LogP contribution in [0.25, 0.3) is 0 Å². The van der Waals surface area contributed by atoms with Gasteiger partial charge >= 0.3 is 17.8 Å². The maximum absolute atomic E-state index is 12.9. The molecule has 11 heteroatoms. The van der Waals surface area contributed by atoms with Crippen LogP contribution >= 0.6 is 15.9 Å². The van der Waals surface area contributed by atoms with Crippen molar-refractivity contribution in [1.82, 2.24) is 10.3 Å². The van der Waals surface area contributed by atoms with Gasteiger partial charge in [-0.3, -0.25) is 14.4 Å². The monoisotopic (exact) mass is 592 g/mol. The van der Waals surface area contributed by atoms with Gasteiger partial charge in [0, 0.05) is 23.1 Å². The molecule has 3 aromatic rings. The maximum Gasteiger partial charge on any atom is 0.343 e. The summed E-state index contributed by atoms with van der Waals surface area (Å²) in [4.78, 5) is 52.0. The average Bonchev–Trinajstić information content (AvgIpc) is 2.95. The molecule has 1 aliphatic heterocycles. The highest BCUT2D eigenvalue weighted by molar-refractivity contribution is 9.10. The number of halogens is 1. The number of morpholine rings is 1. The van der Waals surface area contributed by atoms with Crippen LogP contribution in [-0.2, 0) is 14.3 Å². The van der Waals surface area contributed by atoms with E-state index in [9.17, 15) is 19.2 Å². The summed E-state index contributed by atoms with van der Waals surface area (Å²) in [6.07, 6.45) is 1.25. The molecule has 0 saturated carbocycles. The highest BCUT2D eigenvalue weighted by Gasteiger charge is 2.23. The van der Waals surface area contributed by atoms with E-state index in [1.54, 1.807) is 65.6 Å². The lowest BCUT2D eigenvalue weighted by Gasteiger charge is -2.27. The fraction of sp³-hybridized carbons (Fsp3) is 0.179. The number of benzene rings is 3. The first-order valence-electron chi connectivity index (χ1n) is 12.0. The third-order valence-electron chi connectivity index (χ3n) is 5.74. The Kier molecular flexibility index (Phi) is 9.18. The quantitative estimate of drug-likeness (QED) is 0.148. The van der Waals surface area contributed by atoms with Gasteiger partial charge in [0.25, 0.3) is 5.91 Å². The molecule has 1 saturated heterocycles. The van der Waals surface area contributed by atoms with Crippen LogP contribution in [0.5, 0.6) is 5.75 Å². The van der Waals surface area contributed by atoms with Gasteiger partial charge in [-0.2, -0.15) is 5.10 Å². The molecular weight excluding hydrogens is 568 g/mol. The van der Waals surface area contributed by atoms with Crippen LogP contribution in [0.3, 0.4) is 0 Å². The predicted molar refractivity (Wildman–Crippen MR) is 148 cm³/mol. The standard InChI is InChI=1S/C28H25BrN4O6/c1-18-6-8-19(9-7-18)28(37)39-24-11-10-21(29)16-20(24)17-30-32-26(35)25(34)31-23-5-3-2-4-22(23)27(36)33-12-14-38-15-13-33/h2-11,16-17H,12-15H2,1H3,(H,31,34)(H,32,35)/b30-17+. The van der Waals surface area contributed by atoms with E-state index >= 15 is 0 Å². The fourth-order valence-electron chi connectivity index (χ4n) is 3.67. The number of hydrogen-bond donors (Lipinski definition) is 2. The Hall–Kier alpha value is -4.35. The molecule has 0 radical (unpaired) electrons. The molecule has 39 heavy (non-hydrogen) atoms. The normalized spacial score (nSPS) is 13.1. The van der Waals surface area contributed by atoms with Crippen molar-refractivity contribution in [3.05, 3.63) is 93.5 Å². The Bertz CT molecular complexity index is 1420. The molecular formula is C28H25BrN4O6. The van der Waals surface area contributed by atoms with Crippen molar-refractivity contribution in [1.29, 1.82) is 0 Å². The number of hydrogen-bond acceptors (Lipinski definition) is 7. The van der Waals surface area contributed by atoms with E-state index in [0.29, 0.717) is 41.9 Å². The number of amides is 3. The van der Waals surface area contributed by atoms with Crippen molar-refractivity contribution in [3.8, 4) is 5.75 Å². The van der Waals surface area contributed by atoms with Crippen molar-refractivity contribution in [3.63, 3.8) is 0 Å². The highest BCUT2D eigenvalue weighted by atomic mass is 79.9. The highest BCUT2D eigenvalue weighted by Crippen LogP contribution is 2.23. The number of rotatable bonds is 6. The summed E-state index contributed by atoms with van der Waals surface area (Å²) < 4.78 is 11.5. The molecule has 1 aliphatic rings. The number of anilines is 1. The lowest BCUT2D eigenvalue weighted by molar-refractivity contribution is -0.136. The van der Waals surface area contributed by atoms with E-state index in [4.69, 9.17) is 9.47 Å². The van der Waals surface area contributed by atoms with E-state index in [-0.39, 0.29) is 22.9 Å². The van der Waals surface area contributed by atoms with Crippen LogP contribution in [0.4, 0.5) is 5.69 Å². The summed E-state index contributed by atoms with van der Waals surface area (Å²) in [6, 6.07) is 18.3. The van der Waals surface area contributed by atoms with Crippen LogP contribution in [-0.4, -0.2) is 61.1 Å². The number of nitrogens with zero attached hydrogens (tertiary/aromatic N) is 2. The van der Waals surface area contributed by atoms with E-state index < -0.39 is 17.8 Å². The molecule has 4 rings (SSSR count). The number of ether oxygens (including phenoxy) is 2. The largest absolute Gasteiger partial charge is 0.422 e. The second-order valence-electron chi connectivity index (χ2n) is 8.54. The van der Waals surface area contributed by atoms with Crippen LogP contribution in [0.2, 0.25) is 0 Å². The Morgan fingerprint density at radius 2 is 1.69 bits per heavy atom. The zero-order chi connectivity index (χ0) is 27.8. The molecule has 1 heterocycles. The molecule has 3 aromatic carbocycles. The van der Waals surface area contributed by atoms with Crippen LogP contribution < -0.4 is 15.5 Å². The Morgan fingerprint density at radius 1 is 0.974 bits per heavy atom. The van der Waals surface area contributed by atoms with E-state index in [1.165, 1.54) is 12.3 Å². The summed E-state index contributed by atoms with van der Waals surface area (Å²) in [5.74, 6) is -2.67. The molecule has 200 valence electrons. The number of hydrazone groups is 1. The summed E-state index contributed by atoms with van der Waals surface area (Å²) in [5.41, 5.74) is 4.39. The molecule has 2 N–H and O–H groups in total. The van der Waals surface area contributed by atoms with Gasteiger partial charge in [-0.15, -0.1) is 0 Å². The van der Waals surface area contributed by atoms with Crippen molar-refractivity contribution in [2.45, 2.75) is 6.92 Å². The first kappa shape index (κ1) is 27.7. The third-order valence-corrected chi connectivity index (χ3v) is 6.23. The average molecular weight is 593 g/mol. The van der Waals surface area contributed by atoms with Gasteiger partial charge in [-0.05, 0) is 49.4 Å². The number of nitrogens with one attached hydrogen (secondary N) is 2. The fourth-order valence-corrected chi connectivity index (χ4v) is 4.05. The Labute approximate surface area is 233 Å². The second kappa shape index (κ2) is 12.9. The van der Waals surface area contributed by atoms with Gasteiger partial charge in [0.1, 0.15) is 5.75 Å². The number of carbonyl (C=O) groups is 4. The first-order chi connectivity index (χ1) is 18.8. The van der Waals surface area contributed by atoms with Crippen LogP contribution in [0.15, 0.2) is 76.3 Å². The van der Waals surface area contributed by atoms with E-state index in [1.807, 2.05) is 6.92 Å². The predicted octanol–water partition coefficient (Wildman–Crippen LogP) is 3.54. The summed E-state index contributed by atoms with van der Waals surface area (Å²) >= 11 is 3.35. The minimum absolute atomic E-state index is 0.204. The zero-order valence-electron chi connectivity index (χ0n) is 21.0. The van der Waals surface area contributed by atoms with Gasteiger partial charge in [0.2, 0.25) is 0 Å². The molecule has 1 fully saturated rings. The summed E-state index contributed by atoms with van der Waals surface area (Å²) in [6.45, 7) is 3.66. The van der Waals surface area contributed by atoms with Gasteiger partial charge in [-0.25, -0.2) is 10.2 Å². The van der Waals surface area contributed by atoms with Gasteiger partial charge in [0.05, 0.1) is 36.2 Å².